The maximum atomic E-state index is 11.9. The quantitative estimate of drug-likeness (QED) is 0.603. The van der Waals surface area contributed by atoms with Crippen molar-refractivity contribution in [3.63, 3.8) is 0 Å². The Balaban J connectivity index is 1.62. The third-order valence-electron chi connectivity index (χ3n) is 3.56. The van der Waals surface area contributed by atoms with Gasteiger partial charge in [0.1, 0.15) is 0 Å². The lowest BCUT2D eigenvalue weighted by Crippen LogP contribution is -2.08. The van der Waals surface area contributed by atoms with Gasteiger partial charge in [0.15, 0.2) is 6.10 Å². The van der Waals surface area contributed by atoms with Crippen molar-refractivity contribution < 1.29 is 13.9 Å². The molecule has 2 aliphatic carbocycles. The highest BCUT2D eigenvalue weighted by Crippen LogP contribution is 2.48. The summed E-state index contributed by atoms with van der Waals surface area (Å²) in [4.78, 5) is 11.9. The number of aromatic nitrogens is 2. The van der Waals surface area contributed by atoms with Crippen LogP contribution in [0.4, 0.5) is 0 Å². The first-order valence-corrected chi connectivity index (χ1v) is 6.85. The molecule has 0 aliphatic heterocycles. The highest BCUT2D eigenvalue weighted by atomic mass is 16.6. The van der Waals surface area contributed by atoms with Crippen LogP contribution in [0.3, 0.4) is 0 Å². The van der Waals surface area contributed by atoms with E-state index in [4.69, 9.17) is 9.15 Å². The van der Waals surface area contributed by atoms with E-state index < -0.39 is 6.10 Å². The first kappa shape index (κ1) is 12.4. The molecule has 1 heterocycles. The van der Waals surface area contributed by atoms with Crippen molar-refractivity contribution in [3.05, 3.63) is 23.4 Å². The normalized spacial score (nSPS) is 19.9. The summed E-state index contributed by atoms with van der Waals surface area (Å²) in [6, 6.07) is 0. The third kappa shape index (κ3) is 3.03. The Morgan fingerprint density at radius 3 is 2.42 bits per heavy atom. The second kappa shape index (κ2) is 4.79. The molecule has 1 atom stereocenters. The number of esters is 1. The van der Waals surface area contributed by atoms with Gasteiger partial charge < -0.3 is 9.15 Å². The summed E-state index contributed by atoms with van der Waals surface area (Å²) in [7, 11) is 0. The molecule has 0 radical (unpaired) electrons. The van der Waals surface area contributed by atoms with E-state index in [-0.39, 0.29) is 5.97 Å². The number of carbonyl (C=O) groups is 1. The van der Waals surface area contributed by atoms with E-state index in [0.29, 0.717) is 23.6 Å². The van der Waals surface area contributed by atoms with Crippen LogP contribution in [0, 0.1) is 18.8 Å². The van der Waals surface area contributed by atoms with E-state index in [0.717, 1.165) is 0 Å². The maximum Gasteiger partial charge on any atom is 0.331 e. The zero-order valence-electron chi connectivity index (χ0n) is 11.3. The van der Waals surface area contributed by atoms with Crippen molar-refractivity contribution in [1.29, 1.82) is 0 Å². The number of nitrogens with zero attached hydrogens (tertiary/aromatic N) is 2. The lowest BCUT2D eigenvalue weighted by Gasteiger charge is -2.08. The summed E-state index contributed by atoms with van der Waals surface area (Å²) in [5, 5.41) is 7.59. The largest absolute Gasteiger partial charge is 0.449 e. The first-order chi connectivity index (χ1) is 9.13. The molecule has 0 unspecified atom stereocenters. The molecule has 0 N–H and O–H groups in total. The van der Waals surface area contributed by atoms with Crippen LogP contribution in [-0.2, 0) is 9.53 Å². The molecule has 1 aromatic rings. The van der Waals surface area contributed by atoms with Crippen LogP contribution in [0.2, 0.25) is 0 Å². The predicted octanol–water partition coefficient (Wildman–Crippen LogP) is 2.73. The standard InChI is InChI=1S/C14H18N2O3/c1-8(14-16-15-9(2)19-14)18-13(17)7-12(10-3-4-10)11-5-6-11/h7-8,10-11H,3-6H2,1-2H3/t8-/m0/s1. The fraction of sp³-hybridized carbons (Fsp3) is 0.643. The highest BCUT2D eigenvalue weighted by molar-refractivity contribution is 5.83. The number of hydrogen-bond acceptors (Lipinski definition) is 5. The van der Waals surface area contributed by atoms with Gasteiger partial charge in [-0.3, -0.25) is 0 Å². The van der Waals surface area contributed by atoms with Gasteiger partial charge >= 0.3 is 5.97 Å². The lowest BCUT2D eigenvalue weighted by molar-refractivity contribution is -0.143. The summed E-state index contributed by atoms with van der Waals surface area (Å²) < 4.78 is 10.6. The molecule has 2 saturated carbocycles. The molecule has 5 nitrogen and oxygen atoms in total. The molecule has 3 rings (SSSR count). The summed E-state index contributed by atoms with van der Waals surface area (Å²) in [6.45, 7) is 3.45. The Kier molecular flexibility index (Phi) is 3.12. The second-order valence-corrected chi connectivity index (χ2v) is 5.43. The van der Waals surface area contributed by atoms with Gasteiger partial charge in [-0.1, -0.05) is 5.57 Å². The Labute approximate surface area is 112 Å². The topological polar surface area (TPSA) is 65.2 Å². The first-order valence-electron chi connectivity index (χ1n) is 6.85. The lowest BCUT2D eigenvalue weighted by atomic mass is 10.1. The Bertz CT molecular complexity index is 499. The third-order valence-corrected chi connectivity index (χ3v) is 3.56. The average Bonchev–Trinajstić information content (AvgIpc) is 3.26. The van der Waals surface area contributed by atoms with Gasteiger partial charge in [0, 0.05) is 13.0 Å². The molecule has 0 amide bonds. The summed E-state index contributed by atoms with van der Waals surface area (Å²) >= 11 is 0. The molecule has 1 aromatic heterocycles. The zero-order chi connectivity index (χ0) is 13.4. The van der Waals surface area contributed by atoms with Gasteiger partial charge in [0.05, 0.1) is 0 Å². The van der Waals surface area contributed by atoms with Crippen LogP contribution < -0.4 is 0 Å². The minimum absolute atomic E-state index is 0.294. The van der Waals surface area contributed by atoms with Gasteiger partial charge in [-0.05, 0) is 44.4 Å². The summed E-state index contributed by atoms with van der Waals surface area (Å²) in [6.07, 6.45) is 6.06. The van der Waals surface area contributed by atoms with Crippen LogP contribution in [0.25, 0.3) is 0 Å². The minimum Gasteiger partial charge on any atom is -0.449 e. The van der Waals surface area contributed by atoms with Gasteiger partial charge in [-0.15, -0.1) is 10.2 Å². The van der Waals surface area contributed by atoms with Crippen molar-refractivity contribution in [1.82, 2.24) is 10.2 Å². The minimum atomic E-state index is -0.496. The van der Waals surface area contributed by atoms with Crippen LogP contribution in [0.1, 0.15) is 50.5 Å². The van der Waals surface area contributed by atoms with Gasteiger partial charge in [-0.25, -0.2) is 4.79 Å². The Hall–Kier alpha value is -1.65. The molecule has 2 aliphatic rings. The van der Waals surface area contributed by atoms with Crippen molar-refractivity contribution in [2.75, 3.05) is 0 Å². The van der Waals surface area contributed by atoms with Crippen molar-refractivity contribution >= 4 is 5.97 Å². The summed E-state index contributed by atoms with van der Waals surface area (Å²) in [5.74, 6) is 1.78. The molecule has 0 bridgehead atoms. The van der Waals surface area contributed by atoms with Crippen LogP contribution in [-0.4, -0.2) is 16.2 Å². The molecule has 0 aromatic carbocycles. The molecular formula is C14H18N2O3. The smallest absolute Gasteiger partial charge is 0.331 e. The Morgan fingerprint density at radius 2 is 1.95 bits per heavy atom. The number of ether oxygens (including phenoxy) is 1. The molecule has 19 heavy (non-hydrogen) atoms. The number of hydrogen-bond donors (Lipinski definition) is 0. The van der Waals surface area contributed by atoms with Gasteiger partial charge in [0.2, 0.25) is 5.89 Å². The van der Waals surface area contributed by atoms with E-state index in [9.17, 15) is 4.79 Å². The van der Waals surface area contributed by atoms with E-state index in [1.54, 1.807) is 19.9 Å². The zero-order valence-corrected chi connectivity index (χ0v) is 11.3. The average molecular weight is 262 g/mol. The van der Waals surface area contributed by atoms with Crippen molar-refractivity contribution in [3.8, 4) is 0 Å². The predicted molar refractivity (Wildman–Crippen MR) is 67.1 cm³/mol. The SMILES string of the molecule is Cc1nnc([C@H](C)OC(=O)C=C(C2CC2)C2CC2)o1. The van der Waals surface area contributed by atoms with Gasteiger partial charge in [-0.2, -0.15) is 0 Å². The molecule has 2 fully saturated rings. The molecular weight excluding hydrogens is 244 g/mol. The monoisotopic (exact) mass is 262 g/mol. The Morgan fingerprint density at radius 1 is 1.32 bits per heavy atom. The van der Waals surface area contributed by atoms with E-state index in [2.05, 4.69) is 10.2 Å². The highest BCUT2D eigenvalue weighted by Gasteiger charge is 2.37. The fourth-order valence-corrected chi connectivity index (χ4v) is 2.27. The number of carbonyl (C=O) groups excluding carboxylic acids is 1. The van der Waals surface area contributed by atoms with Crippen LogP contribution >= 0.6 is 0 Å². The molecule has 102 valence electrons. The van der Waals surface area contributed by atoms with Gasteiger partial charge in [0.25, 0.3) is 5.89 Å². The van der Waals surface area contributed by atoms with Crippen molar-refractivity contribution in [2.24, 2.45) is 11.8 Å². The second-order valence-electron chi connectivity index (χ2n) is 5.43. The number of allylic oxidation sites excluding steroid dienone is 1. The van der Waals surface area contributed by atoms with Crippen LogP contribution in [0.5, 0.6) is 0 Å². The fourth-order valence-electron chi connectivity index (χ4n) is 2.27. The van der Waals surface area contributed by atoms with E-state index in [1.165, 1.54) is 31.3 Å². The summed E-state index contributed by atoms with van der Waals surface area (Å²) in [5.41, 5.74) is 1.29. The molecule has 5 heteroatoms. The maximum absolute atomic E-state index is 11.9. The number of rotatable bonds is 5. The molecule has 0 spiro atoms. The van der Waals surface area contributed by atoms with E-state index >= 15 is 0 Å². The van der Waals surface area contributed by atoms with Crippen LogP contribution in [0.15, 0.2) is 16.1 Å². The van der Waals surface area contributed by atoms with Crippen molar-refractivity contribution in [2.45, 2.75) is 45.6 Å². The number of aryl methyl sites for hydroxylation is 1. The molecule has 0 saturated heterocycles. The van der Waals surface area contributed by atoms with E-state index in [1.807, 2.05) is 0 Å².